The van der Waals surface area contributed by atoms with Crippen molar-refractivity contribution in [3.05, 3.63) is 222 Å². The van der Waals surface area contributed by atoms with Crippen LogP contribution >= 0.6 is 0 Å². The second kappa shape index (κ2) is 13.5. The molecule has 2 nitrogen and oxygen atoms in total. The number of furan rings is 1. The lowest BCUT2D eigenvalue weighted by atomic mass is 9.82. The minimum absolute atomic E-state index is 0.00796. The molecule has 0 amide bonds. The van der Waals surface area contributed by atoms with Crippen LogP contribution in [0.25, 0.3) is 77.6 Å². The fraction of sp³-hybridized carbons (Fsp3) is 0.100. The SMILES string of the molecule is CC1(C)c2ccccc2-c2cc(-c3ccc(-c4ccc(N(c5ccc(-c6cccc7oc8ccccc8c67)cc5)c5ccc6c(c5)C(C)(C)c5ccccc5-6)cc4)cc3)ccc21. The molecule has 0 saturated heterocycles. The fourth-order valence-electron chi connectivity index (χ4n) is 10.6. The number of benzene rings is 9. The van der Waals surface area contributed by atoms with E-state index < -0.39 is 0 Å². The van der Waals surface area contributed by atoms with Crippen molar-refractivity contribution in [2.24, 2.45) is 0 Å². The predicted octanol–water partition coefficient (Wildman–Crippen LogP) is 16.7. The summed E-state index contributed by atoms with van der Waals surface area (Å²) in [4.78, 5) is 2.40. The van der Waals surface area contributed by atoms with Crippen LogP contribution < -0.4 is 4.90 Å². The molecule has 1 aromatic heterocycles. The molecular formula is C60H45NO. The third-order valence-corrected chi connectivity index (χ3v) is 13.9. The molecule has 0 atom stereocenters. The first kappa shape index (κ1) is 36.4. The van der Waals surface area contributed by atoms with Crippen molar-refractivity contribution in [3.63, 3.8) is 0 Å². The molecule has 62 heavy (non-hydrogen) atoms. The maximum absolute atomic E-state index is 6.26. The van der Waals surface area contributed by atoms with Crippen LogP contribution in [-0.2, 0) is 10.8 Å². The molecule has 0 fully saturated rings. The van der Waals surface area contributed by atoms with Gasteiger partial charge >= 0.3 is 0 Å². The Morgan fingerprint density at radius 1 is 0.323 bits per heavy atom. The van der Waals surface area contributed by atoms with E-state index in [1.54, 1.807) is 0 Å². The molecule has 0 unspecified atom stereocenters. The Bertz CT molecular complexity index is 3380. The maximum atomic E-state index is 6.26. The van der Waals surface area contributed by atoms with Crippen LogP contribution in [0.2, 0.25) is 0 Å². The number of para-hydroxylation sites is 1. The van der Waals surface area contributed by atoms with Gasteiger partial charge in [0, 0.05) is 38.7 Å². The van der Waals surface area contributed by atoms with E-state index in [1.807, 2.05) is 12.1 Å². The number of hydrogen-bond acceptors (Lipinski definition) is 2. The number of anilines is 3. The van der Waals surface area contributed by atoms with E-state index in [0.717, 1.165) is 44.6 Å². The highest BCUT2D eigenvalue weighted by Crippen LogP contribution is 2.52. The van der Waals surface area contributed by atoms with Gasteiger partial charge in [0.15, 0.2) is 0 Å². The predicted molar refractivity (Wildman–Crippen MR) is 260 cm³/mol. The standard InChI is InChI=1S/C60H45NO/c1-59(2)53-17-9-6-13-48(53)51-36-42(28-35-54(51)59)40-22-20-38(21-23-40)39-24-29-43(30-25-39)61(45-33-34-49-47-12-5-8-16-52(47)60(3,4)55(49)37-45)44-31-26-41(27-32-44)46-15-11-19-57-58(46)50-14-7-10-18-56(50)62-57/h5-37H,1-4H3. The highest BCUT2D eigenvalue weighted by molar-refractivity contribution is 6.12. The van der Waals surface area contributed by atoms with Gasteiger partial charge in [-0.25, -0.2) is 0 Å². The minimum Gasteiger partial charge on any atom is -0.456 e. The van der Waals surface area contributed by atoms with E-state index in [2.05, 4.69) is 221 Å². The van der Waals surface area contributed by atoms with Crippen LogP contribution in [-0.4, -0.2) is 0 Å². The van der Waals surface area contributed by atoms with Gasteiger partial charge in [-0.3, -0.25) is 0 Å². The lowest BCUT2D eigenvalue weighted by molar-refractivity contribution is 0.660. The molecule has 2 aliphatic carbocycles. The van der Waals surface area contributed by atoms with E-state index in [1.165, 1.54) is 72.3 Å². The third kappa shape index (κ3) is 5.49. The van der Waals surface area contributed by atoms with Crippen LogP contribution in [0.15, 0.2) is 205 Å². The van der Waals surface area contributed by atoms with Crippen molar-refractivity contribution in [1.82, 2.24) is 0 Å². The Morgan fingerprint density at radius 3 is 1.48 bits per heavy atom. The molecule has 2 heteroatoms. The van der Waals surface area contributed by atoms with E-state index in [0.29, 0.717) is 0 Å². The smallest absolute Gasteiger partial charge is 0.136 e. The topological polar surface area (TPSA) is 16.4 Å². The summed E-state index contributed by atoms with van der Waals surface area (Å²) in [6.07, 6.45) is 0. The number of fused-ring (bicyclic) bond motifs is 9. The van der Waals surface area contributed by atoms with Crippen molar-refractivity contribution < 1.29 is 4.42 Å². The normalized spacial score (nSPS) is 14.1. The zero-order chi connectivity index (χ0) is 41.7. The molecule has 0 N–H and O–H groups in total. The molecule has 1 heterocycles. The molecule has 0 radical (unpaired) electrons. The zero-order valence-corrected chi connectivity index (χ0v) is 35.4. The molecule has 10 aromatic rings. The molecule has 12 rings (SSSR count). The monoisotopic (exact) mass is 795 g/mol. The summed E-state index contributed by atoms with van der Waals surface area (Å²) in [5, 5.41) is 2.29. The lowest BCUT2D eigenvalue weighted by Crippen LogP contribution is -2.16. The van der Waals surface area contributed by atoms with E-state index in [9.17, 15) is 0 Å². The molecule has 296 valence electrons. The summed E-state index contributed by atoms with van der Waals surface area (Å²) in [6.45, 7) is 9.38. The molecule has 0 bridgehead atoms. The number of rotatable bonds is 6. The van der Waals surface area contributed by atoms with E-state index >= 15 is 0 Å². The van der Waals surface area contributed by atoms with Crippen molar-refractivity contribution in [2.45, 2.75) is 38.5 Å². The summed E-state index contributed by atoms with van der Waals surface area (Å²) in [7, 11) is 0. The Kier molecular flexibility index (Phi) is 7.96. The Hall–Kier alpha value is -7.42. The van der Waals surface area contributed by atoms with Gasteiger partial charge in [0.1, 0.15) is 11.2 Å². The second-order valence-corrected chi connectivity index (χ2v) is 18.1. The molecule has 9 aromatic carbocycles. The summed E-state index contributed by atoms with van der Waals surface area (Å²) < 4.78 is 6.26. The maximum Gasteiger partial charge on any atom is 0.136 e. The van der Waals surface area contributed by atoms with Crippen LogP contribution in [0.1, 0.15) is 49.9 Å². The first-order chi connectivity index (χ1) is 30.2. The average molecular weight is 796 g/mol. The van der Waals surface area contributed by atoms with E-state index in [-0.39, 0.29) is 10.8 Å². The lowest BCUT2D eigenvalue weighted by Gasteiger charge is -2.28. The van der Waals surface area contributed by atoms with Crippen molar-refractivity contribution in [2.75, 3.05) is 4.90 Å². The van der Waals surface area contributed by atoms with Gasteiger partial charge in [0.05, 0.1) is 0 Å². The Balaban J connectivity index is 0.904. The molecule has 2 aliphatic rings. The summed E-state index contributed by atoms with van der Waals surface area (Å²) >= 11 is 0. The molecule has 0 spiro atoms. The first-order valence-electron chi connectivity index (χ1n) is 21.7. The van der Waals surface area contributed by atoms with Crippen LogP contribution in [0, 0.1) is 0 Å². The number of hydrogen-bond donors (Lipinski definition) is 0. The fourth-order valence-corrected chi connectivity index (χ4v) is 10.6. The average Bonchev–Trinajstić information content (AvgIpc) is 3.89. The van der Waals surface area contributed by atoms with Gasteiger partial charge in [-0.05, 0) is 132 Å². The first-order valence-corrected chi connectivity index (χ1v) is 21.7. The van der Waals surface area contributed by atoms with Gasteiger partial charge in [0.2, 0.25) is 0 Å². The highest BCUT2D eigenvalue weighted by Gasteiger charge is 2.36. The summed E-state index contributed by atoms with van der Waals surface area (Å²) in [5.74, 6) is 0. The van der Waals surface area contributed by atoms with Gasteiger partial charge in [-0.1, -0.05) is 173 Å². The third-order valence-electron chi connectivity index (χ3n) is 13.9. The number of nitrogens with zero attached hydrogens (tertiary/aromatic N) is 1. The van der Waals surface area contributed by atoms with Crippen LogP contribution in [0.4, 0.5) is 17.1 Å². The van der Waals surface area contributed by atoms with Gasteiger partial charge < -0.3 is 9.32 Å². The second-order valence-electron chi connectivity index (χ2n) is 18.1. The summed E-state index contributed by atoms with van der Waals surface area (Å²) in [5.41, 5.74) is 23.1. The van der Waals surface area contributed by atoms with Crippen LogP contribution in [0.3, 0.4) is 0 Å². The quantitative estimate of drug-likeness (QED) is 0.167. The van der Waals surface area contributed by atoms with Crippen molar-refractivity contribution >= 4 is 39.0 Å². The van der Waals surface area contributed by atoms with E-state index in [4.69, 9.17) is 4.42 Å². The summed E-state index contributed by atoms with van der Waals surface area (Å²) in [6, 6.07) is 73.5. The highest BCUT2D eigenvalue weighted by atomic mass is 16.3. The largest absolute Gasteiger partial charge is 0.456 e. The van der Waals surface area contributed by atoms with Gasteiger partial charge in [0.25, 0.3) is 0 Å². The van der Waals surface area contributed by atoms with Crippen molar-refractivity contribution in [3.8, 4) is 55.6 Å². The Morgan fingerprint density at radius 2 is 0.790 bits per heavy atom. The van der Waals surface area contributed by atoms with Gasteiger partial charge in [-0.15, -0.1) is 0 Å². The van der Waals surface area contributed by atoms with Crippen molar-refractivity contribution in [1.29, 1.82) is 0 Å². The molecule has 0 aliphatic heterocycles. The molecular weight excluding hydrogens is 751 g/mol. The molecule has 0 saturated carbocycles. The van der Waals surface area contributed by atoms with Crippen LogP contribution in [0.5, 0.6) is 0 Å². The van der Waals surface area contributed by atoms with Gasteiger partial charge in [-0.2, -0.15) is 0 Å². The minimum atomic E-state index is -0.111. The zero-order valence-electron chi connectivity index (χ0n) is 35.4. The Labute approximate surface area is 363 Å².